The normalized spacial score (nSPS) is 12.2. The van der Waals surface area contributed by atoms with Crippen LogP contribution in [0.1, 0.15) is 39.5 Å². The quantitative estimate of drug-likeness (QED) is 0.502. The van der Waals surface area contributed by atoms with E-state index in [1.54, 1.807) is 29.4 Å². The second kappa shape index (κ2) is 6.45. The first-order chi connectivity index (χ1) is 11.9. The number of fused-ring (bicyclic) bond motifs is 1. The summed E-state index contributed by atoms with van der Waals surface area (Å²) in [5.74, 6) is -0.783. The first-order valence-electron chi connectivity index (χ1n) is 7.88. The molecule has 1 aromatic carbocycles. The van der Waals surface area contributed by atoms with Gasteiger partial charge in [0.05, 0.1) is 11.6 Å². The number of hydrogen-bond donors (Lipinski definition) is 3. The van der Waals surface area contributed by atoms with Crippen molar-refractivity contribution in [1.29, 1.82) is 0 Å². The van der Waals surface area contributed by atoms with Crippen molar-refractivity contribution in [3.8, 4) is 0 Å². The number of aromatic nitrogens is 2. The van der Waals surface area contributed by atoms with Gasteiger partial charge in [-0.2, -0.15) is 0 Å². The molecule has 0 saturated heterocycles. The van der Waals surface area contributed by atoms with E-state index in [2.05, 4.69) is 5.32 Å². The lowest BCUT2D eigenvalue weighted by atomic mass is 10.2. The van der Waals surface area contributed by atoms with E-state index in [4.69, 9.17) is 5.21 Å². The molecule has 3 aromatic rings. The van der Waals surface area contributed by atoms with E-state index < -0.39 is 5.91 Å². The summed E-state index contributed by atoms with van der Waals surface area (Å²) in [5.41, 5.74) is 4.24. The lowest BCUT2D eigenvalue weighted by molar-refractivity contribution is 0.0706. The minimum absolute atomic E-state index is 0.194. The number of para-hydroxylation sites is 1. The molecular weight excluding hydrogens is 320 g/mol. The summed E-state index contributed by atoms with van der Waals surface area (Å²) < 4.78 is 3.60. The molecule has 0 aliphatic rings. The number of amides is 2. The Balaban J connectivity index is 1.84. The van der Waals surface area contributed by atoms with Crippen molar-refractivity contribution in [2.24, 2.45) is 14.1 Å². The molecule has 2 aromatic heterocycles. The zero-order valence-electron chi connectivity index (χ0n) is 14.3. The van der Waals surface area contributed by atoms with E-state index in [-0.39, 0.29) is 11.9 Å². The van der Waals surface area contributed by atoms with Gasteiger partial charge in [-0.3, -0.25) is 14.8 Å². The maximum absolute atomic E-state index is 12.7. The van der Waals surface area contributed by atoms with Crippen molar-refractivity contribution in [3.05, 3.63) is 59.5 Å². The first kappa shape index (κ1) is 16.8. The highest BCUT2D eigenvalue weighted by atomic mass is 16.5. The van der Waals surface area contributed by atoms with Crippen molar-refractivity contribution < 1.29 is 14.8 Å². The van der Waals surface area contributed by atoms with Crippen molar-refractivity contribution in [3.63, 3.8) is 0 Å². The third-order valence-electron chi connectivity index (χ3n) is 4.38. The van der Waals surface area contributed by atoms with Crippen LogP contribution < -0.4 is 10.8 Å². The fourth-order valence-electron chi connectivity index (χ4n) is 3.05. The Bertz CT molecular complexity index is 955. The van der Waals surface area contributed by atoms with Gasteiger partial charge in [0.1, 0.15) is 5.69 Å². The van der Waals surface area contributed by atoms with Crippen molar-refractivity contribution in [2.45, 2.75) is 13.0 Å². The predicted molar refractivity (Wildman–Crippen MR) is 93.5 cm³/mol. The number of hydrogen-bond acceptors (Lipinski definition) is 3. The van der Waals surface area contributed by atoms with Crippen LogP contribution >= 0.6 is 0 Å². The minimum atomic E-state index is -0.589. The van der Waals surface area contributed by atoms with E-state index in [1.807, 2.05) is 48.9 Å². The number of nitrogens with zero attached hydrogens (tertiary/aromatic N) is 2. The number of nitrogens with one attached hydrogen (secondary N) is 2. The lowest BCUT2D eigenvalue weighted by Gasteiger charge is -2.15. The Morgan fingerprint density at radius 3 is 2.52 bits per heavy atom. The molecule has 0 saturated carbocycles. The monoisotopic (exact) mass is 340 g/mol. The topological polar surface area (TPSA) is 88.3 Å². The zero-order valence-corrected chi connectivity index (χ0v) is 14.3. The number of carbonyl (C=O) groups excluding carboxylic acids is 2. The molecule has 0 radical (unpaired) electrons. The largest absolute Gasteiger partial charge is 0.352 e. The third-order valence-corrected chi connectivity index (χ3v) is 4.38. The molecular formula is C18H20N4O3. The molecule has 3 N–H and O–H groups in total. The second-order valence-electron chi connectivity index (χ2n) is 6.05. The second-order valence-corrected chi connectivity index (χ2v) is 6.05. The molecule has 2 heterocycles. The molecule has 2 amide bonds. The van der Waals surface area contributed by atoms with E-state index in [1.165, 1.54) is 0 Å². The summed E-state index contributed by atoms with van der Waals surface area (Å²) in [6.45, 7) is 1.84. The Hall–Kier alpha value is -3.06. The van der Waals surface area contributed by atoms with Gasteiger partial charge in [0.15, 0.2) is 0 Å². The summed E-state index contributed by atoms with van der Waals surface area (Å²) in [6.07, 6.45) is 1.60. The van der Waals surface area contributed by atoms with Crippen LogP contribution in [0.15, 0.2) is 42.6 Å². The Labute approximate surface area is 144 Å². The van der Waals surface area contributed by atoms with E-state index >= 15 is 0 Å². The number of aryl methyl sites for hydroxylation is 2. The van der Waals surface area contributed by atoms with E-state index in [0.717, 1.165) is 16.6 Å². The number of rotatable bonds is 4. The van der Waals surface area contributed by atoms with Crippen molar-refractivity contribution in [2.75, 3.05) is 0 Å². The molecule has 0 spiro atoms. The molecule has 0 aliphatic heterocycles. The standard InChI is InChI=1S/C18H20N4O3/c1-11(15-9-13(10-21(15)2)17(23)20-25)19-18(24)16-8-12-6-4-5-7-14(12)22(16)3/h4-11,25H,1-3H3,(H,19,24)(H,20,23)/t11-/m0/s1. The minimum Gasteiger partial charge on any atom is -0.352 e. The smallest absolute Gasteiger partial charge is 0.276 e. The summed E-state index contributed by atoms with van der Waals surface area (Å²) in [5, 5.41) is 12.7. The molecule has 0 aliphatic carbocycles. The maximum atomic E-state index is 12.7. The fraction of sp³-hybridized carbons (Fsp3) is 0.222. The van der Waals surface area contributed by atoms with Crippen LogP contribution in [0.4, 0.5) is 0 Å². The molecule has 130 valence electrons. The van der Waals surface area contributed by atoms with Gasteiger partial charge in [0, 0.05) is 36.9 Å². The molecule has 7 nitrogen and oxygen atoms in total. The van der Waals surface area contributed by atoms with E-state index in [0.29, 0.717) is 11.3 Å². The molecule has 25 heavy (non-hydrogen) atoms. The predicted octanol–water partition coefficient (Wildman–Crippen LogP) is 2.13. The number of benzene rings is 1. The summed E-state index contributed by atoms with van der Waals surface area (Å²) in [4.78, 5) is 24.2. The molecule has 0 bridgehead atoms. The van der Waals surface area contributed by atoms with Crippen LogP contribution in [0.25, 0.3) is 10.9 Å². The fourth-order valence-corrected chi connectivity index (χ4v) is 3.05. The van der Waals surface area contributed by atoms with Gasteiger partial charge in [-0.05, 0) is 25.1 Å². The van der Waals surface area contributed by atoms with Crippen molar-refractivity contribution >= 4 is 22.7 Å². The molecule has 1 atom stereocenters. The number of hydroxylamine groups is 1. The van der Waals surface area contributed by atoms with Gasteiger partial charge in [0.2, 0.25) is 0 Å². The lowest BCUT2D eigenvalue weighted by Crippen LogP contribution is -2.29. The average molecular weight is 340 g/mol. The van der Waals surface area contributed by atoms with Crippen molar-refractivity contribution in [1.82, 2.24) is 19.9 Å². The van der Waals surface area contributed by atoms with Crippen LogP contribution in [0, 0.1) is 0 Å². The average Bonchev–Trinajstić information content (AvgIpc) is 3.15. The van der Waals surface area contributed by atoms with Gasteiger partial charge in [-0.15, -0.1) is 0 Å². The highest BCUT2D eigenvalue weighted by molar-refractivity contribution is 5.99. The zero-order chi connectivity index (χ0) is 18.1. The molecule has 0 unspecified atom stereocenters. The van der Waals surface area contributed by atoms with Crippen LogP contribution in [0.3, 0.4) is 0 Å². The Morgan fingerprint density at radius 2 is 1.84 bits per heavy atom. The summed E-state index contributed by atoms with van der Waals surface area (Å²) in [6, 6.07) is 11.0. The van der Waals surface area contributed by atoms with Crippen LogP contribution in [0.2, 0.25) is 0 Å². The first-order valence-corrected chi connectivity index (χ1v) is 7.88. The highest BCUT2D eigenvalue weighted by Crippen LogP contribution is 2.20. The summed E-state index contributed by atoms with van der Waals surface area (Å²) >= 11 is 0. The Morgan fingerprint density at radius 1 is 1.12 bits per heavy atom. The van der Waals surface area contributed by atoms with Crippen LogP contribution in [-0.4, -0.2) is 26.2 Å². The van der Waals surface area contributed by atoms with Gasteiger partial charge < -0.3 is 14.5 Å². The summed E-state index contributed by atoms with van der Waals surface area (Å²) in [7, 11) is 3.64. The maximum Gasteiger partial charge on any atom is 0.276 e. The Kier molecular flexibility index (Phi) is 4.33. The van der Waals surface area contributed by atoms with Gasteiger partial charge >= 0.3 is 0 Å². The van der Waals surface area contributed by atoms with Gasteiger partial charge in [-0.25, -0.2) is 5.48 Å². The molecule has 0 fully saturated rings. The van der Waals surface area contributed by atoms with Gasteiger partial charge in [-0.1, -0.05) is 18.2 Å². The SMILES string of the molecule is C[C@H](NC(=O)c1cc2ccccc2n1C)c1cc(C(=O)NO)cn1C. The molecule has 3 rings (SSSR count). The van der Waals surface area contributed by atoms with Crippen LogP contribution in [-0.2, 0) is 14.1 Å². The van der Waals surface area contributed by atoms with Crippen LogP contribution in [0.5, 0.6) is 0 Å². The molecule has 7 heteroatoms. The highest BCUT2D eigenvalue weighted by Gasteiger charge is 2.19. The number of carbonyl (C=O) groups is 2. The van der Waals surface area contributed by atoms with E-state index in [9.17, 15) is 9.59 Å². The third kappa shape index (κ3) is 3.01. The van der Waals surface area contributed by atoms with Gasteiger partial charge in [0.25, 0.3) is 11.8 Å².